The highest BCUT2D eigenvalue weighted by Gasteiger charge is 2.11. The van der Waals surface area contributed by atoms with E-state index >= 15 is 0 Å². The first kappa shape index (κ1) is 17.2. The van der Waals surface area contributed by atoms with Crippen LogP contribution < -0.4 is 14.8 Å². The fourth-order valence-electron chi connectivity index (χ4n) is 2.59. The molecular formula is C20H18ClNO3. The Kier molecular flexibility index (Phi) is 5.49. The molecule has 0 aliphatic heterocycles. The third-order valence-corrected chi connectivity index (χ3v) is 4.05. The maximum atomic E-state index is 6.28. The van der Waals surface area contributed by atoms with Crippen LogP contribution in [0.1, 0.15) is 11.1 Å². The molecule has 0 saturated heterocycles. The Morgan fingerprint density at radius 2 is 2.00 bits per heavy atom. The Balaban J connectivity index is 1.66. The molecule has 128 valence electrons. The normalized spacial score (nSPS) is 10.6. The van der Waals surface area contributed by atoms with Crippen LogP contribution in [0.15, 0.2) is 47.1 Å². The van der Waals surface area contributed by atoms with Crippen LogP contribution in [0.5, 0.6) is 11.5 Å². The minimum atomic E-state index is 0.142. The maximum absolute atomic E-state index is 6.28. The molecule has 0 atom stereocenters. The first-order valence-corrected chi connectivity index (χ1v) is 8.18. The van der Waals surface area contributed by atoms with Crippen molar-refractivity contribution in [1.29, 1.82) is 0 Å². The molecule has 1 N–H and O–H groups in total. The number of hydrogen-bond acceptors (Lipinski definition) is 4. The molecule has 0 aliphatic rings. The third-order valence-electron chi connectivity index (χ3n) is 3.77. The van der Waals surface area contributed by atoms with E-state index in [9.17, 15) is 0 Å². The van der Waals surface area contributed by atoms with Gasteiger partial charge in [0.2, 0.25) is 0 Å². The van der Waals surface area contributed by atoms with Crippen molar-refractivity contribution in [3.63, 3.8) is 0 Å². The molecule has 3 aromatic rings. The minimum Gasteiger partial charge on any atom is -0.493 e. The van der Waals surface area contributed by atoms with Crippen molar-refractivity contribution < 1.29 is 13.9 Å². The van der Waals surface area contributed by atoms with Crippen LogP contribution in [0.2, 0.25) is 5.02 Å². The highest BCUT2D eigenvalue weighted by Crippen LogP contribution is 2.36. The summed E-state index contributed by atoms with van der Waals surface area (Å²) >= 11 is 6.28. The predicted molar refractivity (Wildman–Crippen MR) is 99.1 cm³/mol. The summed E-state index contributed by atoms with van der Waals surface area (Å²) < 4.78 is 16.2. The summed E-state index contributed by atoms with van der Waals surface area (Å²) in [6.07, 6.45) is 6.92. The summed E-state index contributed by atoms with van der Waals surface area (Å²) in [6, 6.07) is 11.8. The molecule has 0 unspecified atom stereocenters. The second kappa shape index (κ2) is 7.98. The molecule has 0 spiro atoms. The molecule has 4 nitrogen and oxygen atoms in total. The Morgan fingerprint density at radius 3 is 2.80 bits per heavy atom. The molecule has 0 saturated carbocycles. The quantitative estimate of drug-likeness (QED) is 0.638. The second-order valence-corrected chi connectivity index (χ2v) is 5.91. The molecule has 0 bridgehead atoms. The van der Waals surface area contributed by atoms with Crippen molar-refractivity contribution in [2.75, 3.05) is 13.7 Å². The topological polar surface area (TPSA) is 43.6 Å². The summed E-state index contributed by atoms with van der Waals surface area (Å²) in [5.41, 5.74) is 3.03. The lowest BCUT2D eigenvalue weighted by atomic mass is 10.1. The first-order valence-electron chi connectivity index (χ1n) is 7.81. The van der Waals surface area contributed by atoms with E-state index in [0.717, 1.165) is 22.1 Å². The number of halogens is 1. The highest BCUT2D eigenvalue weighted by molar-refractivity contribution is 6.32. The lowest BCUT2D eigenvalue weighted by molar-refractivity contribution is 0.331. The van der Waals surface area contributed by atoms with Crippen LogP contribution in [0, 0.1) is 12.3 Å². The molecule has 3 rings (SSSR count). The number of fused-ring (bicyclic) bond motifs is 1. The van der Waals surface area contributed by atoms with Gasteiger partial charge in [0.15, 0.2) is 11.5 Å². The van der Waals surface area contributed by atoms with Gasteiger partial charge in [-0.2, -0.15) is 0 Å². The molecule has 0 amide bonds. The van der Waals surface area contributed by atoms with Crippen molar-refractivity contribution in [2.24, 2.45) is 0 Å². The SMILES string of the molecule is C#CCOc1c(Cl)cc(CNCc2ccc3ccoc3c2)cc1OC. The lowest BCUT2D eigenvalue weighted by Crippen LogP contribution is -2.13. The van der Waals surface area contributed by atoms with Crippen LogP contribution in [0.3, 0.4) is 0 Å². The molecule has 2 aromatic carbocycles. The number of rotatable bonds is 7. The molecule has 1 aromatic heterocycles. The summed E-state index contributed by atoms with van der Waals surface area (Å²) in [6.45, 7) is 1.50. The fourth-order valence-corrected chi connectivity index (χ4v) is 2.88. The Labute approximate surface area is 151 Å². The molecule has 0 aliphatic carbocycles. The molecule has 1 heterocycles. The van der Waals surface area contributed by atoms with E-state index in [1.807, 2.05) is 30.3 Å². The summed E-state index contributed by atoms with van der Waals surface area (Å²) in [4.78, 5) is 0. The van der Waals surface area contributed by atoms with Crippen LogP contribution in [-0.4, -0.2) is 13.7 Å². The van der Waals surface area contributed by atoms with Crippen molar-refractivity contribution in [3.05, 3.63) is 58.8 Å². The van der Waals surface area contributed by atoms with Crippen molar-refractivity contribution in [2.45, 2.75) is 13.1 Å². The van der Waals surface area contributed by atoms with E-state index in [-0.39, 0.29) is 6.61 Å². The van der Waals surface area contributed by atoms with Gasteiger partial charge >= 0.3 is 0 Å². The van der Waals surface area contributed by atoms with Gasteiger partial charge in [-0.25, -0.2) is 0 Å². The van der Waals surface area contributed by atoms with Gasteiger partial charge < -0.3 is 19.2 Å². The number of terminal acetylenes is 1. The summed E-state index contributed by atoms with van der Waals surface area (Å²) in [5, 5.41) is 4.96. The predicted octanol–water partition coefficient (Wildman–Crippen LogP) is 4.40. The first-order chi connectivity index (χ1) is 12.2. The standard InChI is InChI=1S/C20H18ClNO3/c1-3-7-25-20-17(21)9-15(11-19(20)23-2)13-22-12-14-4-5-16-6-8-24-18(16)10-14/h1,4-6,8-11,22H,7,12-13H2,2H3. The number of methoxy groups -OCH3 is 1. The summed E-state index contributed by atoms with van der Waals surface area (Å²) in [5.74, 6) is 3.45. The molecule has 25 heavy (non-hydrogen) atoms. The fraction of sp³-hybridized carbons (Fsp3) is 0.200. The number of furan rings is 1. The van der Waals surface area contributed by atoms with Gasteiger partial charge in [0.05, 0.1) is 18.4 Å². The lowest BCUT2D eigenvalue weighted by Gasteiger charge is -2.13. The Morgan fingerprint density at radius 1 is 1.16 bits per heavy atom. The number of benzene rings is 2. The third kappa shape index (κ3) is 4.08. The monoisotopic (exact) mass is 355 g/mol. The zero-order valence-electron chi connectivity index (χ0n) is 13.8. The second-order valence-electron chi connectivity index (χ2n) is 5.50. The average Bonchev–Trinajstić information content (AvgIpc) is 3.08. The van der Waals surface area contributed by atoms with E-state index in [1.54, 1.807) is 13.4 Å². The zero-order valence-corrected chi connectivity index (χ0v) is 14.6. The largest absolute Gasteiger partial charge is 0.493 e. The van der Waals surface area contributed by atoms with Gasteiger partial charge in [-0.15, -0.1) is 6.42 Å². The maximum Gasteiger partial charge on any atom is 0.181 e. The van der Waals surface area contributed by atoms with Gasteiger partial charge in [0.1, 0.15) is 12.2 Å². The van der Waals surface area contributed by atoms with Crippen molar-refractivity contribution in [1.82, 2.24) is 5.32 Å². The van der Waals surface area contributed by atoms with Gasteiger partial charge in [0.25, 0.3) is 0 Å². The highest BCUT2D eigenvalue weighted by atomic mass is 35.5. The number of hydrogen-bond donors (Lipinski definition) is 1. The summed E-state index contributed by atoms with van der Waals surface area (Å²) in [7, 11) is 1.57. The van der Waals surface area contributed by atoms with Gasteiger partial charge in [-0.1, -0.05) is 29.7 Å². The number of nitrogens with one attached hydrogen (secondary N) is 1. The number of ether oxygens (including phenoxy) is 2. The van der Waals surface area contributed by atoms with E-state index in [2.05, 4.69) is 17.3 Å². The molecule has 0 radical (unpaired) electrons. The molecule has 5 heteroatoms. The Bertz CT molecular complexity index is 911. The zero-order chi connectivity index (χ0) is 17.6. The van der Waals surface area contributed by atoms with Crippen molar-refractivity contribution in [3.8, 4) is 23.8 Å². The van der Waals surface area contributed by atoms with E-state index in [1.165, 1.54) is 0 Å². The van der Waals surface area contributed by atoms with Gasteiger partial charge in [-0.3, -0.25) is 0 Å². The smallest absolute Gasteiger partial charge is 0.181 e. The molecule has 0 fully saturated rings. The van der Waals surface area contributed by atoms with E-state index < -0.39 is 0 Å². The Hall–Kier alpha value is -2.61. The van der Waals surface area contributed by atoms with E-state index in [4.69, 9.17) is 31.9 Å². The minimum absolute atomic E-state index is 0.142. The van der Waals surface area contributed by atoms with E-state index in [0.29, 0.717) is 29.6 Å². The molecular weight excluding hydrogens is 338 g/mol. The average molecular weight is 356 g/mol. The van der Waals surface area contributed by atoms with Crippen LogP contribution in [0.4, 0.5) is 0 Å². The van der Waals surface area contributed by atoms with Gasteiger partial charge in [-0.05, 0) is 35.4 Å². The van der Waals surface area contributed by atoms with Crippen molar-refractivity contribution >= 4 is 22.6 Å². The van der Waals surface area contributed by atoms with Gasteiger partial charge in [0, 0.05) is 18.5 Å². The van der Waals surface area contributed by atoms with Crippen LogP contribution >= 0.6 is 11.6 Å². The van der Waals surface area contributed by atoms with Crippen LogP contribution in [0.25, 0.3) is 11.0 Å². The van der Waals surface area contributed by atoms with Crippen LogP contribution in [-0.2, 0) is 13.1 Å².